The number of fused-ring (bicyclic) bond motifs is 2. The third-order valence-corrected chi connectivity index (χ3v) is 27.2. The summed E-state index contributed by atoms with van der Waals surface area (Å²) in [5.74, 6) is 1.24. The standard InChI is InChI=1S/C25H33N5O3S.C24H36N6O2S.C24H35N5O3S.C23H33N5O3S/c1-14-9-19(28-25(3,4)5)26-11-18(14)21-20(23(31)29-8-6-7-15(29)2)27-22(34-21)24(32)30-12-17-10-16(30)13-33-17;1-14-11-17(29-23(3,4)5)26-12-16(14)19-18(22(32)30-10-8-9-15(30)2)28-21(33-19)20(31)27-13-24(6,7)25;1-14-11-17(28-23(3,4)5)25-12-16(14)19-18(22(31)29-10-8-9-15(29)2)27-21(33-19)20(30)26-13-24(6,7)32;1-13-10-17(27-23(4,5)6)24-12-16(13)19-18(22(31)28-9-7-8-14(28)2)26-21(32-19)20(30)25-11-15(3)29/h9,11,15-17H,6-8,10,12-13H2,1-5H3,(H,26,28);11-12,15H,8-10,13,25H2,1-7H3,(H,26,29)(H,27,31);11-12,15,32H,8-10,13H2,1-7H3,(H,25,28)(H,26,30);10,12,14-15,29H,7-9,11H2,1-6H3,(H,24,27)(H,25,30)/t15-,16?,17?;2*15-;14-,15-/m0000/s1. The number of amides is 8. The summed E-state index contributed by atoms with van der Waals surface area (Å²) < 4.78 is 5.66. The van der Waals surface area contributed by atoms with Gasteiger partial charge in [-0.15, -0.1) is 45.3 Å². The van der Waals surface area contributed by atoms with Gasteiger partial charge in [-0.2, -0.15) is 0 Å². The van der Waals surface area contributed by atoms with E-state index in [4.69, 9.17) is 10.5 Å². The number of hydrogen-bond acceptors (Lipinski definition) is 28. The first-order chi connectivity index (χ1) is 61.6. The fraction of sp³-hybridized carbons (Fsp3) is 0.583. The van der Waals surface area contributed by atoms with Gasteiger partial charge in [-0.05, 0) is 277 Å². The Hall–Kier alpha value is -10.1. The lowest BCUT2D eigenvalue weighted by atomic mass is 10.1. The van der Waals surface area contributed by atoms with Gasteiger partial charge in [0.25, 0.3) is 47.3 Å². The number of aromatic nitrogens is 8. The van der Waals surface area contributed by atoms with Crippen LogP contribution in [-0.2, 0) is 4.74 Å². The molecule has 0 spiro atoms. The molecule has 8 aromatic rings. The summed E-state index contributed by atoms with van der Waals surface area (Å²) in [6, 6.07) is 8.55. The molecule has 11 N–H and O–H groups in total. The number of ether oxygens (including phenoxy) is 1. The van der Waals surface area contributed by atoms with E-state index in [1.807, 2.05) is 111 Å². The normalized spacial score (nSPS) is 18.8. The first-order valence-corrected chi connectivity index (χ1v) is 49.1. The quantitative estimate of drug-likeness (QED) is 0.0301. The number of likely N-dealkylation sites (tertiary alicyclic amines) is 5. The Morgan fingerprint density at radius 3 is 0.947 bits per heavy atom. The number of hydrogen-bond donors (Lipinski definition) is 10. The van der Waals surface area contributed by atoms with Crippen molar-refractivity contribution < 1.29 is 53.3 Å². The molecule has 14 heterocycles. The molecule has 6 saturated heterocycles. The van der Waals surface area contributed by atoms with Crippen molar-refractivity contribution in [3.63, 3.8) is 0 Å². The van der Waals surface area contributed by atoms with Gasteiger partial charge in [0.05, 0.1) is 50.0 Å². The van der Waals surface area contributed by atoms with Gasteiger partial charge in [-0.3, -0.25) is 38.4 Å². The molecule has 6 fully saturated rings. The second-order valence-electron chi connectivity index (χ2n) is 41.3. The van der Waals surface area contributed by atoms with Crippen molar-refractivity contribution in [2.45, 2.75) is 307 Å². The van der Waals surface area contributed by atoms with Crippen LogP contribution in [-0.4, -0.2) is 257 Å². The lowest BCUT2D eigenvalue weighted by Crippen LogP contribution is -2.45. The second kappa shape index (κ2) is 41.8. The summed E-state index contributed by atoms with van der Waals surface area (Å²) in [5.41, 5.74) is 12.2. The number of carbonyl (C=O) groups is 8. The van der Waals surface area contributed by atoms with E-state index in [9.17, 15) is 48.6 Å². The molecule has 0 radical (unpaired) electrons. The number of nitrogens with two attached hydrogens (primary N) is 1. The average molecular weight is 1890 g/mol. The van der Waals surface area contributed by atoms with E-state index in [1.54, 1.807) is 45.6 Å². The molecule has 0 aromatic carbocycles. The van der Waals surface area contributed by atoms with Crippen molar-refractivity contribution in [2.75, 3.05) is 80.2 Å². The van der Waals surface area contributed by atoms with Gasteiger partial charge in [-0.25, -0.2) is 39.9 Å². The number of aryl methyl sites for hydroxylation is 4. The number of aliphatic hydroxyl groups is 2. The second-order valence-corrected chi connectivity index (χ2v) is 45.3. The minimum atomic E-state index is -1.05. The highest BCUT2D eigenvalue weighted by atomic mass is 32.1. The van der Waals surface area contributed by atoms with Gasteiger partial charge in [0, 0.05) is 151 Å². The number of morpholine rings is 1. The predicted molar refractivity (Wildman–Crippen MR) is 525 cm³/mol. The zero-order chi connectivity index (χ0) is 96.9. The maximum absolute atomic E-state index is 13.6. The molecule has 2 unspecified atom stereocenters. The van der Waals surface area contributed by atoms with E-state index in [0.29, 0.717) is 70.4 Å². The van der Waals surface area contributed by atoms with Crippen molar-refractivity contribution in [3.8, 4) is 41.8 Å². The lowest BCUT2D eigenvalue weighted by Gasteiger charge is -2.25. The molecular weight excluding hydrogens is 1750 g/mol. The van der Waals surface area contributed by atoms with Crippen LogP contribution >= 0.6 is 45.3 Å². The Labute approximate surface area is 792 Å². The Balaban J connectivity index is 0.000000170. The van der Waals surface area contributed by atoms with Crippen LogP contribution in [0.3, 0.4) is 0 Å². The number of nitrogens with zero attached hydrogens (tertiary/aromatic N) is 13. The van der Waals surface area contributed by atoms with Gasteiger partial charge >= 0.3 is 0 Å². The number of thiazole rings is 4. The summed E-state index contributed by atoms with van der Waals surface area (Å²) in [6.45, 7) is 54.0. The SMILES string of the molecule is Cc1cc(NC(C)(C)C)ncc1-c1sc(C(=O)N2CC3CC2CO3)nc1C(=O)N1CCC[C@@H]1C.Cc1cc(NC(C)(C)C)ncc1-c1sc(C(=O)NCC(C)(C)N)nc1C(=O)N1CCC[C@@H]1C.Cc1cc(NC(C)(C)C)ncc1-c1sc(C(=O)NCC(C)(C)O)nc1C(=O)N1CCC[C@@H]1C.Cc1cc(NC(C)(C)C)ncc1-c1sc(C(=O)NC[C@H](C)O)nc1C(=O)N1CCC[C@@H]1C. The minimum Gasteiger partial charge on any atom is -0.392 e. The van der Waals surface area contributed by atoms with Crippen LogP contribution < -0.4 is 43.0 Å². The van der Waals surface area contributed by atoms with Gasteiger partial charge < -0.3 is 82.4 Å². The van der Waals surface area contributed by atoms with Crippen molar-refractivity contribution in [1.29, 1.82) is 0 Å². The van der Waals surface area contributed by atoms with Crippen LogP contribution in [0.4, 0.5) is 23.3 Å². The zero-order valence-corrected chi connectivity index (χ0v) is 84.7. The maximum atomic E-state index is 13.6. The first-order valence-electron chi connectivity index (χ1n) is 45.8. The van der Waals surface area contributed by atoms with Crippen LogP contribution in [0.1, 0.15) is 307 Å². The molecule has 0 aliphatic carbocycles. The largest absolute Gasteiger partial charge is 0.392 e. The van der Waals surface area contributed by atoms with E-state index in [1.165, 1.54) is 45.3 Å². The van der Waals surface area contributed by atoms with E-state index >= 15 is 0 Å². The van der Waals surface area contributed by atoms with E-state index in [2.05, 4.69) is 167 Å². The van der Waals surface area contributed by atoms with E-state index < -0.39 is 29.1 Å². The molecule has 6 aliphatic heterocycles. The summed E-state index contributed by atoms with van der Waals surface area (Å²) in [4.78, 5) is 154. The number of rotatable bonds is 22. The van der Waals surface area contributed by atoms with Crippen molar-refractivity contribution >= 4 is 116 Å². The molecule has 32 nitrogen and oxygen atoms in total. The zero-order valence-electron chi connectivity index (χ0n) is 81.5. The van der Waals surface area contributed by atoms with Gasteiger partial charge in [0.15, 0.2) is 20.0 Å². The summed E-state index contributed by atoms with van der Waals surface area (Å²) in [5, 5.41) is 42.1. The van der Waals surface area contributed by atoms with Crippen molar-refractivity contribution in [1.82, 2.24) is 80.3 Å². The van der Waals surface area contributed by atoms with Crippen LogP contribution in [0.5, 0.6) is 0 Å². The van der Waals surface area contributed by atoms with Crippen LogP contribution in [0.25, 0.3) is 41.8 Å². The molecule has 0 saturated carbocycles. The topological polar surface area (TPSA) is 416 Å². The number of pyridine rings is 4. The Morgan fingerprint density at radius 1 is 0.432 bits per heavy atom. The fourth-order valence-corrected chi connectivity index (χ4v) is 20.5. The monoisotopic (exact) mass is 1890 g/mol. The minimum absolute atomic E-state index is 0.0843. The summed E-state index contributed by atoms with van der Waals surface area (Å²) in [7, 11) is 0. The highest BCUT2D eigenvalue weighted by Crippen LogP contribution is 2.42. The molecule has 7 atom stereocenters. The third kappa shape index (κ3) is 26.7. The van der Waals surface area contributed by atoms with E-state index in [0.717, 1.165) is 137 Å². The van der Waals surface area contributed by atoms with Crippen molar-refractivity contribution in [3.05, 3.63) is 114 Å². The number of aliphatic hydroxyl groups excluding tert-OH is 1. The first kappa shape index (κ1) is 102. The average Bonchev–Trinajstić information content (AvgIpc) is 1.62. The van der Waals surface area contributed by atoms with Crippen LogP contribution in [0.2, 0.25) is 0 Å². The molecular formula is C96H137N21O11S4. The Kier molecular flexibility index (Phi) is 32.5. The highest BCUT2D eigenvalue weighted by molar-refractivity contribution is 7.18. The number of carbonyl (C=O) groups excluding carboxylic acids is 8. The lowest BCUT2D eigenvalue weighted by molar-refractivity contribution is 0.0258. The molecule has 14 rings (SSSR count). The molecule has 36 heteroatoms. The fourth-order valence-electron chi connectivity index (χ4n) is 16.3. The molecule has 716 valence electrons. The Bertz CT molecular complexity index is 5360. The predicted octanol–water partition coefficient (Wildman–Crippen LogP) is 15.1. The number of nitrogens with one attached hydrogen (secondary N) is 7. The Morgan fingerprint density at radius 2 is 0.712 bits per heavy atom. The van der Waals surface area contributed by atoms with Crippen LogP contribution in [0, 0.1) is 27.7 Å². The molecule has 6 aliphatic rings. The smallest absolute Gasteiger partial charge is 0.283 e. The van der Waals surface area contributed by atoms with Gasteiger partial charge in [-0.1, -0.05) is 0 Å². The summed E-state index contributed by atoms with van der Waals surface area (Å²) in [6.07, 6.45) is 15.1. The summed E-state index contributed by atoms with van der Waals surface area (Å²) >= 11 is 4.89. The molecule has 2 bridgehead atoms. The van der Waals surface area contributed by atoms with Crippen LogP contribution in [0.15, 0.2) is 49.1 Å². The molecule has 8 aromatic heterocycles. The van der Waals surface area contributed by atoms with Gasteiger partial charge in [0.2, 0.25) is 0 Å². The molecule has 132 heavy (non-hydrogen) atoms. The number of anilines is 4. The van der Waals surface area contributed by atoms with Gasteiger partial charge in [0.1, 0.15) is 46.0 Å². The third-order valence-electron chi connectivity index (χ3n) is 22.9. The van der Waals surface area contributed by atoms with Crippen molar-refractivity contribution in [2.24, 2.45) is 5.73 Å². The maximum Gasteiger partial charge on any atom is 0.283 e. The highest BCUT2D eigenvalue weighted by Gasteiger charge is 2.44. The van der Waals surface area contributed by atoms with E-state index in [-0.39, 0.29) is 133 Å². The molecule has 8 amide bonds.